The van der Waals surface area contributed by atoms with Gasteiger partial charge in [-0.3, -0.25) is 0 Å². The molecule has 0 spiro atoms. The lowest BCUT2D eigenvalue weighted by Gasteiger charge is -2.21. The van der Waals surface area contributed by atoms with Crippen molar-refractivity contribution in [2.45, 2.75) is 26.2 Å². The van der Waals surface area contributed by atoms with Gasteiger partial charge in [0.25, 0.3) is 0 Å². The lowest BCUT2D eigenvalue weighted by molar-refractivity contribution is 0.181. The molecule has 1 unspecified atom stereocenters. The highest BCUT2D eigenvalue weighted by molar-refractivity contribution is 6.42. The smallest absolute Gasteiger partial charge is 0.0595 e. The molecule has 0 N–H and O–H groups in total. The van der Waals surface area contributed by atoms with Gasteiger partial charge in [-0.15, -0.1) is 0 Å². The van der Waals surface area contributed by atoms with Crippen molar-refractivity contribution in [2.24, 2.45) is 5.92 Å². The SMILES string of the molecule is COCCC(c1ccc(Cl)c(Cl)c1)C(C)C. The maximum Gasteiger partial charge on any atom is 0.0595 e. The third kappa shape index (κ3) is 3.65. The van der Waals surface area contributed by atoms with Crippen LogP contribution in [0.4, 0.5) is 0 Å². The summed E-state index contributed by atoms with van der Waals surface area (Å²) in [7, 11) is 1.73. The molecule has 0 aliphatic heterocycles. The molecule has 1 rings (SSSR count). The number of ether oxygens (including phenoxy) is 1. The van der Waals surface area contributed by atoms with Crippen molar-refractivity contribution < 1.29 is 4.74 Å². The van der Waals surface area contributed by atoms with Crippen molar-refractivity contribution in [3.8, 4) is 0 Å². The third-order valence-corrected chi connectivity index (χ3v) is 3.55. The van der Waals surface area contributed by atoms with E-state index in [2.05, 4.69) is 19.9 Å². The molecule has 16 heavy (non-hydrogen) atoms. The predicted octanol–water partition coefficient (Wildman–Crippen LogP) is 4.77. The molecule has 0 bridgehead atoms. The number of hydrogen-bond acceptors (Lipinski definition) is 1. The minimum atomic E-state index is 0.467. The first kappa shape index (κ1) is 13.8. The van der Waals surface area contributed by atoms with Crippen molar-refractivity contribution in [3.05, 3.63) is 33.8 Å². The van der Waals surface area contributed by atoms with Crippen LogP contribution in [-0.2, 0) is 4.74 Å². The average molecular weight is 261 g/mol. The fourth-order valence-electron chi connectivity index (χ4n) is 1.87. The van der Waals surface area contributed by atoms with Crippen LogP contribution in [0.25, 0.3) is 0 Å². The maximum atomic E-state index is 6.03. The van der Waals surface area contributed by atoms with Crippen LogP contribution in [0.15, 0.2) is 18.2 Å². The van der Waals surface area contributed by atoms with Crippen molar-refractivity contribution >= 4 is 23.2 Å². The fraction of sp³-hybridized carbons (Fsp3) is 0.538. The van der Waals surface area contributed by atoms with Gasteiger partial charge in [-0.2, -0.15) is 0 Å². The van der Waals surface area contributed by atoms with Gasteiger partial charge in [0.05, 0.1) is 10.0 Å². The average Bonchev–Trinajstić information content (AvgIpc) is 2.23. The molecule has 0 amide bonds. The van der Waals surface area contributed by atoms with Crippen molar-refractivity contribution in [3.63, 3.8) is 0 Å². The summed E-state index contributed by atoms with van der Waals surface area (Å²) in [5.41, 5.74) is 1.24. The van der Waals surface area contributed by atoms with Gasteiger partial charge >= 0.3 is 0 Å². The highest BCUT2D eigenvalue weighted by atomic mass is 35.5. The second kappa shape index (κ2) is 6.48. The van der Waals surface area contributed by atoms with Gasteiger partial charge in [-0.25, -0.2) is 0 Å². The Labute approximate surface area is 108 Å². The van der Waals surface area contributed by atoms with E-state index in [0.29, 0.717) is 21.9 Å². The Bertz CT molecular complexity index is 337. The molecule has 0 heterocycles. The van der Waals surface area contributed by atoms with Crippen LogP contribution >= 0.6 is 23.2 Å². The Morgan fingerprint density at radius 3 is 2.38 bits per heavy atom. The molecule has 0 fully saturated rings. The molecule has 0 saturated carbocycles. The highest BCUT2D eigenvalue weighted by Crippen LogP contribution is 2.32. The van der Waals surface area contributed by atoms with Crippen LogP contribution in [0.1, 0.15) is 31.7 Å². The third-order valence-electron chi connectivity index (χ3n) is 2.81. The van der Waals surface area contributed by atoms with Gasteiger partial charge in [-0.1, -0.05) is 43.1 Å². The van der Waals surface area contributed by atoms with Crippen molar-refractivity contribution in [1.82, 2.24) is 0 Å². The summed E-state index contributed by atoms with van der Waals surface area (Å²) >= 11 is 11.9. The first-order valence-electron chi connectivity index (χ1n) is 5.50. The normalized spacial score (nSPS) is 13.1. The van der Waals surface area contributed by atoms with E-state index >= 15 is 0 Å². The van der Waals surface area contributed by atoms with E-state index < -0.39 is 0 Å². The van der Waals surface area contributed by atoms with Crippen molar-refractivity contribution in [1.29, 1.82) is 0 Å². The number of methoxy groups -OCH3 is 1. The molecule has 1 aromatic carbocycles. The van der Waals surface area contributed by atoms with E-state index in [0.717, 1.165) is 13.0 Å². The summed E-state index contributed by atoms with van der Waals surface area (Å²) in [6.45, 7) is 5.19. The van der Waals surface area contributed by atoms with Crippen molar-refractivity contribution in [2.75, 3.05) is 13.7 Å². The number of rotatable bonds is 5. The largest absolute Gasteiger partial charge is 0.385 e. The highest BCUT2D eigenvalue weighted by Gasteiger charge is 2.16. The van der Waals surface area contributed by atoms with Gasteiger partial charge in [-0.05, 0) is 36.0 Å². The molecule has 0 aliphatic carbocycles. The minimum Gasteiger partial charge on any atom is -0.385 e. The van der Waals surface area contributed by atoms with E-state index in [9.17, 15) is 0 Å². The maximum absolute atomic E-state index is 6.03. The lowest BCUT2D eigenvalue weighted by Crippen LogP contribution is -2.09. The molecule has 0 radical (unpaired) electrons. The van der Waals surface area contributed by atoms with Gasteiger partial charge < -0.3 is 4.74 Å². The summed E-state index contributed by atoms with van der Waals surface area (Å²) in [5.74, 6) is 1.03. The molecule has 0 aromatic heterocycles. The zero-order valence-corrected chi connectivity index (χ0v) is 11.5. The molecule has 90 valence electrons. The van der Waals surface area contributed by atoms with Crippen LogP contribution < -0.4 is 0 Å². The number of hydrogen-bond donors (Lipinski definition) is 0. The molecule has 1 atom stereocenters. The van der Waals surface area contributed by atoms with E-state index in [-0.39, 0.29) is 0 Å². The Hall–Kier alpha value is -0.240. The molecule has 0 aliphatic rings. The summed E-state index contributed by atoms with van der Waals surface area (Å²) in [6, 6.07) is 5.88. The fourth-order valence-corrected chi connectivity index (χ4v) is 2.18. The zero-order chi connectivity index (χ0) is 12.1. The Morgan fingerprint density at radius 1 is 1.19 bits per heavy atom. The monoisotopic (exact) mass is 260 g/mol. The second-order valence-electron chi connectivity index (χ2n) is 4.31. The van der Waals surface area contributed by atoms with Gasteiger partial charge in [0.2, 0.25) is 0 Å². The van der Waals surface area contributed by atoms with Crippen LogP contribution in [-0.4, -0.2) is 13.7 Å². The van der Waals surface area contributed by atoms with E-state index in [1.807, 2.05) is 12.1 Å². The molecule has 1 aromatic rings. The second-order valence-corrected chi connectivity index (χ2v) is 5.12. The summed E-state index contributed by atoms with van der Waals surface area (Å²) in [6.07, 6.45) is 1.01. The summed E-state index contributed by atoms with van der Waals surface area (Å²) in [4.78, 5) is 0. The van der Waals surface area contributed by atoms with Crippen LogP contribution in [0, 0.1) is 5.92 Å². The summed E-state index contributed by atoms with van der Waals surface area (Å²) < 4.78 is 5.14. The predicted molar refractivity (Wildman–Crippen MR) is 70.5 cm³/mol. The van der Waals surface area contributed by atoms with E-state index in [4.69, 9.17) is 27.9 Å². The first-order valence-corrected chi connectivity index (χ1v) is 6.25. The van der Waals surface area contributed by atoms with Gasteiger partial charge in [0.1, 0.15) is 0 Å². The Kier molecular flexibility index (Phi) is 5.60. The van der Waals surface area contributed by atoms with Crippen LogP contribution in [0.2, 0.25) is 10.0 Å². The lowest BCUT2D eigenvalue weighted by atomic mass is 9.86. The zero-order valence-electron chi connectivity index (χ0n) is 9.97. The van der Waals surface area contributed by atoms with Crippen LogP contribution in [0.5, 0.6) is 0 Å². The molecule has 0 saturated heterocycles. The topological polar surface area (TPSA) is 9.23 Å². The van der Waals surface area contributed by atoms with E-state index in [1.54, 1.807) is 7.11 Å². The van der Waals surface area contributed by atoms with E-state index in [1.165, 1.54) is 5.56 Å². The van der Waals surface area contributed by atoms with Gasteiger partial charge in [0, 0.05) is 13.7 Å². The Morgan fingerprint density at radius 2 is 1.88 bits per heavy atom. The first-order chi connectivity index (χ1) is 7.56. The molecular weight excluding hydrogens is 243 g/mol. The Balaban J connectivity index is 2.88. The van der Waals surface area contributed by atoms with Gasteiger partial charge in [0.15, 0.2) is 0 Å². The van der Waals surface area contributed by atoms with Crippen LogP contribution in [0.3, 0.4) is 0 Å². The minimum absolute atomic E-state index is 0.467. The standard InChI is InChI=1S/C13H18Cl2O/c1-9(2)11(6-7-16-3)10-4-5-12(14)13(15)8-10/h4-5,8-9,11H,6-7H2,1-3H3. The molecule has 3 heteroatoms. The number of halogens is 2. The molecular formula is C13H18Cl2O. The summed E-state index contributed by atoms with van der Waals surface area (Å²) in [5, 5.41) is 1.24. The quantitative estimate of drug-likeness (QED) is 0.741. The number of benzene rings is 1. The molecule has 1 nitrogen and oxygen atoms in total.